The van der Waals surface area contributed by atoms with Gasteiger partial charge in [0.25, 0.3) is 0 Å². The molecule has 3 nitrogen and oxygen atoms in total. The van der Waals surface area contributed by atoms with Crippen LogP contribution in [0.4, 0.5) is 0 Å². The molecule has 262 valence electrons. The molecule has 2 heterocycles. The van der Waals surface area contributed by atoms with Gasteiger partial charge in [-0.25, -0.2) is 15.0 Å². The highest BCUT2D eigenvalue weighted by Gasteiger charge is 2.17. The molecule has 0 aliphatic carbocycles. The zero-order valence-electron chi connectivity index (χ0n) is 30.5. The summed E-state index contributed by atoms with van der Waals surface area (Å²) in [6.45, 7) is 0. The maximum absolute atomic E-state index is 5.26. The molecule has 0 bridgehead atoms. The Morgan fingerprint density at radius 2 is 0.732 bits per heavy atom. The molecule has 2 aromatic heterocycles. The molecule has 0 aliphatic heterocycles. The highest BCUT2D eigenvalue weighted by atomic mass is 14.9. The highest BCUT2D eigenvalue weighted by Crippen LogP contribution is 2.39. The average molecular weight is 714 g/mol. The van der Waals surface area contributed by atoms with E-state index in [-0.39, 0.29) is 0 Å². The lowest BCUT2D eigenvalue weighted by molar-refractivity contribution is 1.18. The minimum atomic E-state index is 0.682. The van der Waals surface area contributed by atoms with Crippen LogP contribution in [0.1, 0.15) is 0 Å². The first-order valence-corrected chi connectivity index (χ1v) is 18.9. The number of nitrogens with zero attached hydrogens (tertiary/aromatic N) is 3. The number of hydrogen-bond donors (Lipinski definition) is 0. The third-order valence-corrected chi connectivity index (χ3v) is 10.4. The largest absolute Gasteiger partial charge is 0.248 e. The third kappa shape index (κ3) is 6.42. The summed E-state index contributed by atoms with van der Waals surface area (Å²) in [4.78, 5) is 15.7. The Balaban J connectivity index is 1.20. The van der Waals surface area contributed by atoms with Crippen molar-refractivity contribution in [2.45, 2.75) is 0 Å². The Morgan fingerprint density at radius 1 is 0.268 bits per heavy atom. The Morgan fingerprint density at radius 3 is 1.32 bits per heavy atom. The number of aromatic nitrogens is 3. The van der Waals surface area contributed by atoms with Gasteiger partial charge in [0.05, 0.1) is 22.6 Å². The van der Waals surface area contributed by atoms with Gasteiger partial charge < -0.3 is 0 Å². The fourth-order valence-corrected chi connectivity index (χ4v) is 7.65. The predicted molar refractivity (Wildman–Crippen MR) is 233 cm³/mol. The molecule has 3 heteroatoms. The van der Waals surface area contributed by atoms with Crippen LogP contribution in [-0.2, 0) is 0 Å². The lowest BCUT2D eigenvalue weighted by Crippen LogP contribution is -1.97. The van der Waals surface area contributed by atoms with Crippen molar-refractivity contribution in [3.05, 3.63) is 212 Å². The normalized spacial score (nSPS) is 11.2. The van der Waals surface area contributed by atoms with Crippen molar-refractivity contribution in [1.29, 1.82) is 0 Å². The van der Waals surface area contributed by atoms with Crippen molar-refractivity contribution in [3.8, 4) is 78.5 Å². The molecule has 10 aromatic rings. The van der Waals surface area contributed by atoms with Crippen LogP contribution in [0.15, 0.2) is 212 Å². The van der Waals surface area contributed by atoms with Crippen LogP contribution in [0, 0.1) is 0 Å². The van der Waals surface area contributed by atoms with Crippen molar-refractivity contribution in [3.63, 3.8) is 0 Å². The molecular weight excluding hydrogens is 679 g/mol. The van der Waals surface area contributed by atoms with E-state index in [9.17, 15) is 0 Å². The monoisotopic (exact) mass is 713 g/mol. The smallest absolute Gasteiger partial charge is 0.160 e. The van der Waals surface area contributed by atoms with Gasteiger partial charge in [0.2, 0.25) is 0 Å². The van der Waals surface area contributed by atoms with E-state index >= 15 is 0 Å². The standard InChI is InChI=1S/C53H35N3/c1-6-16-36(17-7-1)43-30-44(37-18-8-2-9-19-37)32-45(31-43)51-35-50(55-53(56-51)41-24-14-5-15-25-41)42-27-26-39-28-29-48-52(46(39)33-42)47(38-20-10-3-11-21-38)34-49(54-48)40-22-12-4-13-23-40/h1-35H. The molecule has 0 unspecified atom stereocenters. The molecule has 10 rings (SSSR count). The number of fused-ring (bicyclic) bond motifs is 3. The van der Waals surface area contributed by atoms with E-state index < -0.39 is 0 Å². The molecule has 8 aromatic carbocycles. The summed E-state index contributed by atoms with van der Waals surface area (Å²) >= 11 is 0. The molecule has 0 saturated carbocycles. The van der Waals surface area contributed by atoms with Crippen molar-refractivity contribution in [2.24, 2.45) is 0 Å². The van der Waals surface area contributed by atoms with Gasteiger partial charge in [-0.05, 0) is 86.6 Å². The van der Waals surface area contributed by atoms with E-state index in [2.05, 4.69) is 188 Å². The third-order valence-electron chi connectivity index (χ3n) is 10.4. The van der Waals surface area contributed by atoms with Gasteiger partial charge in [-0.15, -0.1) is 0 Å². The van der Waals surface area contributed by atoms with Crippen molar-refractivity contribution < 1.29 is 0 Å². The zero-order chi connectivity index (χ0) is 37.3. The summed E-state index contributed by atoms with van der Waals surface area (Å²) in [7, 11) is 0. The van der Waals surface area contributed by atoms with E-state index in [1.807, 2.05) is 24.3 Å². The molecule has 0 fully saturated rings. The van der Waals surface area contributed by atoms with Crippen LogP contribution >= 0.6 is 0 Å². The summed E-state index contributed by atoms with van der Waals surface area (Å²) in [5.74, 6) is 0.682. The summed E-state index contributed by atoms with van der Waals surface area (Å²) < 4.78 is 0. The SMILES string of the molecule is c1ccc(-c2cc(-c3ccccc3)cc(-c3cc(-c4ccc5ccc6nc(-c7ccccc7)cc(-c7ccccc7)c6c5c4)nc(-c4ccccc4)n3)c2)cc1. The first-order chi connectivity index (χ1) is 27.7. The van der Waals surface area contributed by atoms with Crippen molar-refractivity contribution >= 4 is 21.7 Å². The first kappa shape index (κ1) is 33.1. The van der Waals surface area contributed by atoms with Gasteiger partial charge in [-0.1, -0.05) is 170 Å². The minimum Gasteiger partial charge on any atom is -0.248 e. The predicted octanol–water partition coefficient (Wildman–Crippen LogP) is 13.8. The second-order valence-corrected chi connectivity index (χ2v) is 14.0. The maximum Gasteiger partial charge on any atom is 0.160 e. The molecule has 0 amide bonds. The quantitative estimate of drug-likeness (QED) is 0.154. The van der Waals surface area contributed by atoms with Crippen LogP contribution in [-0.4, -0.2) is 15.0 Å². The lowest BCUT2D eigenvalue weighted by Gasteiger charge is -2.15. The van der Waals surface area contributed by atoms with E-state index in [1.165, 1.54) is 0 Å². The van der Waals surface area contributed by atoms with E-state index in [0.29, 0.717) is 5.82 Å². The Labute approximate surface area is 326 Å². The summed E-state index contributed by atoms with van der Waals surface area (Å²) in [5, 5.41) is 3.40. The second-order valence-electron chi connectivity index (χ2n) is 14.0. The molecular formula is C53H35N3. The number of pyridine rings is 1. The summed E-state index contributed by atoms with van der Waals surface area (Å²) in [6, 6.07) is 74.6. The van der Waals surface area contributed by atoms with Gasteiger partial charge >= 0.3 is 0 Å². The van der Waals surface area contributed by atoms with Crippen LogP contribution in [0.3, 0.4) is 0 Å². The van der Waals surface area contributed by atoms with Crippen molar-refractivity contribution in [1.82, 2.24) is 15.0 Å². The molecule has 0 saturated heterocycles. The molecule has 0 spiro atoms. The van der Waals surface area contributed by atoms with Crippen LogP contribution < -0.4 is 0 Å². The summed E-state index contributed by atoms with van der Waals surface area (Å²) in [5.41, 5.74) is 14.6. The van der Waals surface area contributed by atoms with Gasteiger partial charge in [-0.2, -0.15) is 0 Å². The lowest BCUT2D eigenvalue weighted by atomic mass is 9.93. The maximum atomic E-state index is 5.26. The topological polar surface area (TPSA) is 38.7 Å². The Bertz CT molecular complexity index is 2920. The number of rotatable bonds is 7. The Kier molecular flexibility index (Phi) is 8.51. The molecule has 56 heavy (non-hydrogen) atoms. The number of benzene rings is 8. The molecule has 0 N–H and O–H groups in total. The molecule has 0 aliphatic rings. The number of hydrogen-bond acceptors (Lipinski definition) is 3. The second kappa shape index (κ2) is 14.4. The highest BCUT2D eigenvalue weighted by molar-refractivity contribution is 6.14. The zero-order valence-corrected chi connectivity index (χ0v) is 30.5. The van der Waals surface area contributed by atoms with E-state index in [4.69, 9.17) is 15.0 Å². The average Bonchev–Trinajstić information content (AvgIpc) is 3.29. The minimum absolute atomic E-state index is 0.682. The van der Waals surface area contributed by atoms with Gasteiger partial charge in [0.1, 0.15) is 0 Å². The summed E-state index contributed by atoms with van der Waals surface area (Å²) in [6.07, 6.45) is 0. The molecule has 0 atom stereocenters. The van der Waals surface area contributed by atoms with Crippen LogP contribution in [0.5, 0.6) is 0 Å². The van der Waals surface area contributed by atoms with Crippen molar-refractivity contribution in [2.75, 3.05) is 0 Å². The Hall–Kier alpha value is -7.49. The first-order valence-electron chi connectivity index (χ1n) is 18.9. The molecule has 0 radical (unpaired) electrons. The van der Waals surface area contributed by atoms with Gasteiger partial charge in [-0.3, -0.25) is 0 Å². The van der Waals surface area contributed by atoms with Gasteiger partial charge in [0, 0.05) is 27.6 Å². The fraction of sp³-hybridized carbons (Fsp3) is 0. The van der Waals surface area contributed by atoms with E-state index in [0.717, 1.165) is 94.4 Å². The van der Waals surface area contributed by atoms with Gasteiger partial charge in [0.15, 0.2) is 5.82 Å². The van der Waals surface area contributed by atoms with E-state index in [1.54, 1.807) is 0 Å². The van der Waals surface area contributed by atoms with Crippen LogP contribution in [0.25, 0.3) is 100 Å². The fourth-order valence-electron chi connectivity index (χ4n) is 7.65. The van der Waals surface area contributed by atoms with Crippen LogP contribution in [0.2, 0.25) is 0 Å².